The van der Waals surface area contributed by atoms with Gasteiger partial charge in [-0.2, -0.15) is 0 Å². The SMILES string of the molecule is COCCNC(=O)N1CC(C(C)N)C1. The summed E-state index contributed by atoms with van der Waals surface area (Å²) >= 11 is 0. The number of nitrogens with two attached hydrogens (primary N) is 1. The second-order valence-electron chi connectivity index (χ2n) is 3.75. The molecule has 1 aliphatic heterocycles. The lowest BCUT2D eigenvalue weighted by Gasteiger charge is -2.41. The summed E-state index contributed by atoms with van der Waals surface area (Å²) in [5.41, 5.74) is 5.70. The zero-order chi connectivity index (χ0) is 10.6. The quantitative estimate of drug-likeness (QED) is 0.609. The Kier molecular flexibility index (Phi) is 4.16. The van der Waals surface area contributed by atoms with Crippen LogP contribution in [0.4, 0.5) is 4.79 Å². The zero-order valence-corrected chi connectivity index (χ0v) is 8.82. The maximum absolute atomic E-state index is 11.4. The van der Waals surface area contributed by atoms with Crippen LogP contribution in [-0.2, 0) is 4.74 Å². The standard InChI is InChI=1S/C9H19N3O2/c1-7(10)8-5-12(6-8)9(13)11-3-4-14-2/h7-8H,3-6,10H2,1-2H3,(H,11,13). The monoisotopic (exact) mass is 201 g/mol. The Morgan fingerprint density at radius 3 is 2.86 bits per heavy atom. The van der Waals surface area contributed by atoms with Crippen molar-refractivity contribution in [3.63, 3.8) is 0 Å². The van der Waals surface area contributed by atoms with Gasteiger partial charge in [0.15, 0.2) is 0 Å². The fraction of sp³-hybridized carbons (Fsp3) is 0.889. The van der Waals surface area contributed by atoms with Crippen molar-refractivity contribution in [1.29, 1.82) is 0 Å². The zero-order valence-electron chi connectivity index (χ0n) is 8.82. The Labute approximate surface area is 84.6 Å². The van der Waals surface area contributed by atoms with Gasteiger partial charge in [0.25, 0.3) is 0 Å². The van der Waals surface area contributed by atoms with E-state index in [1.54, 1.807) is 12.0 Å². The molecule has 1 fully saturated rings. The molecule has 0 radical (unpaired) electrons. The smallest absolute Gasteiger partial charge is 0.317 e. The molecule has 0 spiro atoms. The van der Waals surface area contributed by atoms with E-state index in [2.05, 4.69) is 5.32 Å². The highest BCUT2D eigenvalue weighted by Crippen LogP contribution is 2.17. The molecule has 1 atom stereocenters. The molecule has 5 nitrogen and oxygen atoms in total. The molecule has 0 aromatic heterocycles. The molecule has 1 aliphatic rings. The lowest BCUT2D eigenvalue weighted by atomic mass is 9.94. The van der Waals surface area contributed by atoms with Gasteiger partial charge in [0.1, 0.15) is 0 Å². The summed E-state index contributed by atoms with van der Waals surface area (Å²) in [7, 11) is 1.61. The van der Waals surface area contributed by atoms with Gasteiger partial charge < -0.3 is 20.7 Å². The second kappa shape index (κ2) is 5.17. The van der Waals surface area contributed by atoms with Crippen LogP contribution in [0.15, 0.2) is 0 Å². The van der Waals surface area contributed by atoms with E-state index in [4.69, 9.17) is 10.5 Å². The summed E-state index contributed by atoms with van der Waals surface area (Å²) in [6, 6.07) is 0.164. The third kappa shape index (κ3) is 2.85. The first-order chi connectivity index (χ1) is 6.65. The molecule has 3 N–H and O–H groups in total. The van der Waals surface area contributed by atoms with Crippen LogP contribution in [0.3, 0.4) is 0 Å². The minimum Gasteiger partial charge on any atom is -0.383 e. The van der Waals surface area contributed by atoms with E-state index in [-0.39, 0.29) is 12.1 Å². The Balaban J connectivity index is 2.10. The van der Waals surface area contributed by atoms with Gasteiger partial charge in [0.2, 0.25) is 0 Å². The molecule has 5 heteroatoms. The Hall–Kier alpha value is -0.810. The average molecular weight is 201 g/mol. The van der Waals surface area contributed by atoms with Gasteiger partial charge in [-0.15, -0.1) is 0 Å². The van der Waals surface area contributed by atoms with Gasteiger partial charge in [0, 0.05) is 38.7 Å². The Bertz CT molecular complexity index is 190. The van der Waals surface area contributed by atoms with Crippen molar-refractivity contribution in [2.24, 2.45) is 11.7 Å². The van der Waals surface area contributed by atoms with Crippen molar-refractivity contribution < 1.29 is 9.53 Å². The lowest BCUT2D eigenvalue weighted by Crippen LogP contribution is -2.58. The number of carbonyl (C=O) groups is 1. The van der Waals surface area contributed by atoms with Crippen LogP contribution in [0.2, 0.25) is 0 Å². The lowest BCUT2D eigenvalue weighted by molar-refractivity contribution is 0.106. The number of hydrogen-bond acceptors (Lipinski definition) is 3. The van der Waals surface area contributed by atoms with E-state index in [1.807, 2.05) is 6.92 Å². The molecule has 2 amide bonds. The molecule has 0 aliphatic carbocycles. The summed E-state index contributed by atoms with van der Waals surface area (Å²) in [4.78, 5) is 13.2. The normalized spacial score (nSPS) is 18.9. The van der Waals surface area contributed by atoms with E-state index in [0.717, 1.165) is 13.1 Å². The fourth-order valence-electron chi connectivity index (χ4n) is 1.38. The van der Waals surface area contributed by atoms with Gasteiger partial charge in [-0.05, 0) is 6.92 Å². The van der Waals surface area contributed by atoms with E-state index >= 15 is 0 Å². The van der Waals surface area contributed by atoms with Crippen molar-refractivity contribution in [1.82, 2.24) is 10.2 Å². The summed E-state index contributed by atoms with van der Waals surface area (Å²) < 4.78 is 4.83. The topological polar surface area (TPSA) is 67.6 Å². The van der Waals surface area contributed by atoms with E-state index in [0.29, 0.717) is 19.1 Å². The minimum atomic E-state index is -0.0149. The number of hydrogen-bond donors (Lipinski definition) is 2. The third-order valence-electron chi connectivity index (χ3n) is 2.52. The summed E-state index contributed by atoms with van der Waals surface area (Å²) in [6.07, 6.45) is 0. The molecule has 1 heterocycles. The van der Waals surface area contributed by atoms with Crippen LogP contribution < -0.4 is 11.1 Å². The largest absolute Gasteiger partial charge is 0.383 e. The third-order valence-corrected chi connectivity index (χ3v) is 2.52. The maximum Gasteiger partial charge on any atom is 0.317 e. The van der Waals surface area contributed by atoms with Crippen LogP contribution in [0.1, 0.15) is 6.92 Å². The van der Waals surface area contributed by atoms with Crippen LogP contribution >= 0.6 is 0 Å². The molecular formula is C9H19N3O2. The predicted octanol–water partition coefficient (Wildman–Crippen LogP) is -0.379. The van der Waals surface area contributed by atoms with Gasteiger partial charge in [-0.3, -0.25) is 0 Å². The van der Waals surface area contributed by atoms with Gasteiger partial charge in [0.05, 0.1) is 6.61 Å². The molecular weight excluding hydrogens is 182 g/mol. The number of ether oxygens (including phenoxy) is 1. The molecule has 14 heavy (non-hydrogen) atoms. The van der Waals surface area contributed by atoms with Crippen molar-refractivity contribution in [3.8, 4) is 0 Å². The molecule has 1 unspecified atom stereocenters. The van der Waals surface area contributed by atoms with Gasteiger partial charge in [-0.1, -0.05) is 0 Å². The Morgan fingerprint density at radius 2 is 2.36 bits per heavy atom. The van der Waals surface area contributed by atoms with Crippen molar-refractivity contribution in [2.45, 2.75) is 13.0 Å². The first kappa shape index (κ1) is 11.3. The molecule has 0 saturated carbocycles. The number of methoxy groups -OCH3 is 1. The fourth-order valence-corrected chi connectivity index (χ4v) is 1.38. The van der Waals surface area contributed by atoms with Crippen LogP contribution in [-0.4, -0.2) is 50.3 Å². The maximum atomic E-state index is 11.4. The van der Waals surface area contributed by atoms with Gasteiger partial charge in [-0.25, -0.2) is 4.79 Å². The Morgan fingerprint density at radius 1 is 1.71 bits per heavy atom. The van der Waals surface area contributed by atoms with E-state index in [9.17, 15) is 4.79 Å². The molecule has 0 aromatic carbocycles. The number of nitrogens with one attached hydrogen (secondary N) is 1. The van der Waals surface area contributed by atoms with Gasteiger partial charge >= 0.3 is 6.03 Å². The van der Waals surface area contributed by atoms with Crippen LogP contribution in [0, 0.1) is 5.92 Å². The molecule has 1 rings (SSSR count). The van der Waals surface area contributed by atoms with Crippen molar-refractivity contribution >= 4 is 6.03 Å². The average Bonchev–Trinajstić information content (AvgIpc) is 2.01. The van der Waals surface area contributed by atoms with Crippen LogP contribution in [0.5, 0.6) is 0 Å². The van der Waals surface area contributed by atoms with Crippen molar-refractivity contribution in [3.05, 3.63) is 0 Å². The van der Waals surface area contributed by atoms with Crippen molar-refractivity contribution in [2.75, 3.05) is 33.4 Å². The van der Waals surface area contributed by atoms with Crippen LogP contribution in [0.25, 0.3) is 0 Å². The number of carbonyl (C=O) groups excluding carboxylic acids is 1. The predicted molar refractivity (Wildman–Crippen MR) is 54.0 cm³/mol. The van der Waals surface area contributed by atoms with E-state index in [1.165, 1.54) is 0 Å². The number of rotatable bonds is 4. The summed E-state index contributed by atoms with van der Waals surface area (Å²) in [5.74, 6) is 0.461. The highest BCUT2D eigenvalue weighted by atomic mass is 16.5. The first-order valence-corrected chi connectivity index (χ1v) is 4.92. The highest BCUT2D eigenvalue weighted by Gasteiger charge is 2.32. The number of nitrogens with zero attached hydrogens (tertiary/aromatic N) is 1. The summed E-state index contributed by atoms with van der Waals surface area (Å²) in [6.45, 7) is 4.64. The molecule has 0 bridgehead atoms. The molecule has 1 saturated heterocycles. The van der Waals surface area contributed by atoms with E-state index < -0.39 is 0 Å². The number of amides is 2. The molecule has 82 valence electrons. The number of likely N-dealkylation sites (tertiary alicyclic amines) is 1. The summed E-state index contributed by atoms with van der Waals surface area (Å²) in [5, 5.41) is 2.77. The molecule has 0 aromatic rings. The number of urea groups is 1. The highest BCUT2D eigenvalue weighted by molar-refractivity contribution is 5.75. The minimum absolute atomic E-state index is 0.0149. The first-order valence-electron chi connectivity index (χ1n) is 4.92. The second-order valence-corrected chi connectivity index (χ2v) is 3.75.